The summed E-state index contributed by atoms with van der Waals surface area (Å²) in [6.07, 6.45) is 0. The fourth-order valence-electron chi connectivity index (χ4n) is 0.725. The summed E-state index contributed by atoms with van der Waals surface area (Å²) in [5.74, 6) is 0.0946. The zero-order chi connectivity index (χ0) is 7.56. The van der Waals surface area contributed by atoms with Gasteiger partial charge in [-0.05, 0) is 6.07 Å². The molecule has 0 unspecified atom stereocenters. The van der Waals surface area contributed by atoms with Crippen molar-refractivity contribution >= 4 is 0 Å². The van der Waals surface area contributed by atoms with Crippen molar-refractivity contribution in [1.82, 2.24) is 0 Å². The van der Waals surface area contributed by atoms with E-state index in [0.29, 0.717) is 5.56 Å². The SMILES string of the molecule is NCc1ccc(O)cc1O.[Fe]. The maximum atomic E-state index is 9.05. The van der Waals surface area contributed by atoms with E-state index in [0.717, 1.165) is 0 Å². The van der Waals surface area contributed by atoms with Crippen LogP contribution in [-0.2, 0) is 23.6 Å². The Bertz CT molecular complexity index is 240. The monoisotopic (exact) mass is 195 g/mol. The van der Waals surface area contributed by atoms with Gasteiger partial charge >= 0.3 is 0 Å². The molecule has 0 saturated carbocycles. The Balaban J connectivity index is 0.000001000. The molecule has 0 aliphatic carbocycles. The second kappa shape index (κ2) is 4.23. The Hall–Kier alpha value is -0.701. The van der Waals surface area contributed by atoms with Crippen molar-refractivity contribution in [2.45, 2.75) is 6.54 Å². The van der Waals surface area contributed by atoms with Gasteiger partial charge in [-0.2, -0.15) is 0 Å². The van der Waals surface area contributed by atoms with E-state index >= 15 is 0 Å². The van der Waals surface area contributed by atoms with Crippen LogP contribution in [0, 0.1) is 0 Å². The standard InChI is InChI=1S/C7H9NO2.Fe/c8-4-5-1-2-6(9)3-7(5)10;/h1-3,9-10H,4,8H2;. The molecule has 4 N–H and O–H groups in total. The molecule has 62 valence electrons. The van der Waals surface area contributed by atoms with E-state index in [1.807, 2.05) is 0 Å². The zero-order valence-corrected chi connectivity index (χ0v) is 6.87. The molecule has 0 atom stereocenters. The van der Waals surface area contributed by atoms with Gasteiger partial charge in [-0.15, -0.1) is 0 Å². The van der Waals surface area contributed by atoms with Crippen LogP contribution in [0.15, 0.2) is 18.2 Å². The molecule has 0 aromatic heterocycles. The molecule has 1 aromatic rings. The maximum Gasteiger partial charge on any atom is 0.123 e. The Labute approximate surface area is 75.3 Å². The van der Waals surface area contributed by atoms with Crippen LogP contribution in [0.1, 0.15) is 5.56 Å². The summed E-state index contributed by atoms with van der Waals surface area (Å²) in [6, 6.07) is 4.34. The normalized spacial score (nSPS) is 8.82. The van der Waals surface area contributed by atoms with Gasteiger partial charge in [-0.1, -0.05) is 6.07 Å². The van der Waals surface area contributed by atoms with Crippen LogP contribution in [-0.4, -0.2) is 10.2 Å². The molecule has 1 aromatic carbocycles. The minimum absolute atomic E-state index is 0. The average Bonchev–Trinajstić information content (AvgIpc) is 1.88. The number of benzene rings is 1. The van der Waals surface area contributed by atoms with Crippen LogP contribution >= 0.6 is 0 Å². The van der Waals surface area contributed by atoms with Gasteiger partial charge in [0.2, 0.25) is 0 Å². The number of phenols is 2. The molecule has 0 spiro atoms. The molecule has 1 rings (SSSR count). The van der Waals surface area contributed by atoms with Crippen LogP contribution < -0.4 is 5.73 Å². The summed E-state index contributed by atoms with van der Waals surface area (Å²) < 4.78 is 0. The number of nitrogens with two attached hydrogens (primary N) is 1. The predicted octanol–water partition coefficient (Wildman–Crippen LogP) is 0.554. The molecular weight excluding hydrogens is 186 g/mol. The van der Waals surface area contributed by atoms with Crippen LogP contribution in [0.2, 0.25) is 0 Å². The topological polar surface area (TPSA) is 66.5 Å². The third-order valence-corrected chi connectivity index (χ3v) is 1.29. The van der Waals surface area contributed by atoms with Gasteiger partial charge in [-0.25, -0.2) is 0 Å². The van der Waals surface area contributed by atoms with E-state index < -0.39 is 0 Å². The molecule has 0 heterocycles. The Morgan fingerprint density at radius 1 is 1.27 bits per heavy atom. The van der Waals surface area contributed by atoms with E-state index in [9.17, 15) is 0 Å². The molecular formula is C7H9FeNO2. The first-order valence-corrected chi connectivity index (χ1v) is 2.95. The van der Waals surface area contributed by atoms with Crippen molar-refractivity contribution in [1.29, 1.82) is 0 Å². The Morgan fingerprint density at radius 3 is 2.36 bits per heavy atom. The molecule has 11 heavy (non-hydrogen) atoms. The fourth-order valence-corrected chi connectivity index (χ4v) is 0.725. The summed E-state index contributed by atoms with van der Waals surface area (Å²) in [5.41, 5.74) is 5.90. The van der Waals surface area contributed by atoms with E-state index in [4.69, 9.17) is 15.9 Å². The van der Waals surface area contributed by atoms with E-state index in [-0.39, 0.29) is 35.1 Å². The summed E-state index contributed by atoms with van der Waals surface area (Å²) >= 11 is 0. The summed E-state index contributed by atoms with van der Waals surface area (Å²) in [7, 11) is 0. The first-order valence-electron chi connectivity index (χ1n) is 2.95. The average molecular weight is 195 g/mol. The summed E-state index contributed by atoms with van der Waals surface area (Å²) in [5, 5.41) is 17.9. The van der Waals surface area contributed by atoms with Crippen LogP contribution in [0.3, 0.4) is 0 Å². The van der Waals surface area contributed by atoms with Crippen molar-refractivity contribution in [3.63, 3.8) is 0 Å². The maximum absolute atomic E-state index is 9.05. The molecule has 0 aliphatic heterocycles. The fraction of sp³-hybridized carbons (Fsp3) is 0.143. The van der Waals surface area contributed by atoms with Gasteiger partial charge in [-0.3, -0.25) is 0 Å². The number of phenolic OH excluding ortho intramolecular Hbond substituents is 2. The number of hydrogen-bond acceptors (Lipinski definition) is 3. The number of rotatable bonds is 1. The predicted molar refractivity (Wildman–Crippen MR) is 37.7 cm³/mol. The third kappa shape index (κ3) is 2.42. The second-order valence-corrected chi connectivity index (χ2v) is 2.02. The minimum Gasteiger partial charge on any atom is -0.508 e. The van der Waals surface area contributed by atoms with E-state index in [2.05, 4.69) is 0 Å². The van der Waals surface area contributed by atoms with Gasteiger partial charge in [0.1, 0.15) is 11.5 Å². The van der Waals surface area contributed by atoms with Gasteiger partial charge in [0.25, 0.3) is 0 Å². The minimum atomic E-state index is 0. The third-order valence-electron chi connectivity index (χ3n) is 1.29. The van der Waals surface area contributed by atoms with Crippen LogP contribution in [0.5, 0.6) is 11.5 Å². The summed E-state index contributed by atoms with van der Waals surface area (Å²) in [6.45, 7) is 0.284. The Kier molecular flexibility index (Phi) is 3.96. The van der Waals surface area contributed by atoms with Crippen LogP contribution in [0.25, 0.3) is 0 Å². The van der Waals surface area contributed by atoms with Crippen LogP contribution in [0.4, 0.5) is 0 Å². The summed E-state index contributed by atoms with van der Waals surface area (Å²) in [4.78, 5) is 0. The van der Waals surface area contributed by atoms with Gasteiger partial charge < -0.3 is 15.9 Å². The van der Waals surface area contributed by atoms with Crippen molar-refractivity contribution in [3.05, 3.63) is 23.8 Å². The van der Waals surface area contributed by atoms with Gasteiger partial charge in [0, 0.05) is 35.2 Å². The van der Waals surface area contributed by atoms with Crippen molar-refractivity contribution < 1.29 is 27.3 Å². The molecule has 0 radical (unpaired) electrons. The largest absolute Gasteiger partial charge is 0.508 e. The van der Waals surface area contributed by atoms with Crippen molar-refractivity contribution in [2.24, 2.45) is 5.73 Å². The molecule has 4 heteroatoms. The molecule has 0 fully saturated rings. The first-order chi connectivity index (χ1) is 4.74. The zero-order valence-electron chi connectivity index (χ0n) is 5.76. The molecule has 3 nitrogen and oxygen atoms in total. The quantitative estimate of drug-likeness (QED) is 0.573. The molecule has 0 aliphatic rings. The van der Waals surface area contributed by atoms with Crippen molar-refractivity contribution in [2.75, 3.05) is 0 Å². The smallest absolute Gasteiger partial charge is 0.123 e. The molecule has 0 amide bonds. The molecule has 0 saturated heterocycles. The number of hydrogen-bond donors (Lipinski definition) is 3. The van der Waals surface area contributed by atoms with Crippen molar-refractivity contribution in [3.8, 4) is 11.5 Å². The van der Waals surface area contributed by atoms with E-state index in [1.165, 1.54) is 12.1 Å². The second-order valence-electron chi connectivity index (χ2n) is 2.02. The van der Waals surface area contributed by atoms with Gasteiger partial charge in [0.15, 0.2) is 0 Å². The molecule has 0 bridgehead atoms. The van der Waals surface area contributed by atoms with Gasteiger partial charge in [0.05, 0.1) is 0 Å². The van der Waals surface area contributed by atoms with E-state index in [1.54, 1.807) is 6.07 Å². The first kappa shape index (κ1) is 10.3. The number of aromatic hydroxyl groups is 2. The Morgan fingerprint density at radius 2 is 1.91 bits per heavy atom.